The van der Waals surface area contributed by atoms with Crippen LogP contribution in [-0.4, -0.2) is 0 Å². The van der Waals surface area contributed by atoms with Crippen molar-refractivity contribution >= 4 is 23.2 Å². The van der Waals surface area contributed by atoms with Crippen LogP contribution in [0.25, 0.3) is 0 Å². The first-order chi connectivity index (χ1) is 9.10. The molecule has 19 heavy (non-hydrogen) atoms. The van der Waals surface area contributed by atoms with E-state index in [0.29, 0.717) is 28.9 Å². The summed E-state index contributed by atoms with van der Waals surface area (Å²) < 4.78 is 5.71. The summed E-state index contributed by atoms with van der Waals surface area (Å²) in [4.78, 5) is 0. The summed E-state index contributed by atoms with van der Waals surface area (Å²) in [5.41, 5.74) is 9.02. The van der Waals surface area contributed by atoms with Gasteiger partial charge in [-0.1, -0.05) is 41.4 Å². The molecule has 100 valence electrons. The smallest absolute Gasteiger partial charge is 0.121 e. The van der Waals surface area contributed by atoms with E-state index in [1.807, 2.05) is 19.1 Å². The minimum atomic E-state index is 0.495. The maximum absolute atomic E-state index is 5.94. The Morgan fingerprint density at radius 3 is 2.47 bits per heavy atom. The molecule has 0 radical (unpaired) electrons. The molecule has 0 aliphatic rings. The fraction of sp³-hybridized carbons (Fsp3) is 0.200. The standard InChI is InChI=1S/C15H15Cl2NO/c1-10-6-11(8-18)2-3-12(10)9-19-13-4-5-14(16)15(17)7-13/h2-7H,8-9,18H2,1H3. The van der Waals surface area contributed by atoms with Gasteiger partial charge >= 0.3 is 0 Å². The molecule has 0 aromatic heterocycles. The SMILES string of the molecule is Cc1cc(CN)ccc1COc1ccc(Cl)c(Cl)c1. The van der Waals surface area contributed by atoms with Crippen molar-refractivity contribution in [2.24, 2.45) is 5.73 Å². The zero-order chi connectivity index (χ0) is 13.8. The third-order valence-corrected chi connectivity index (χ3v) is 3.67. The lowest BCUT2D eigenvalue weighted by molar-refractivity contribution is 0.305. The van der Waals surface area contributed by atoms with Gasteiger partial charge in [0.25, 0.3) is 0 Å². The average Bonchev–Trinajstić information content (AvgIpc) is 2.41. The second-order valence-electron chi connectivity index (χ2n) is 4.33. The van der Waals surface area contributed by atoms with Crippen LogP contribution in [0.15, 0.2) is 36.4 Å². The van der Waals surface area contributed by atoms with E-state index in [1.54, 1.807) is 18.2 Å². The predicted octanol–water partition coefficient (Wildman–Crippen LogP) is 4.34. The number of hydrogen-bond donors (Lipinski definition) is 1. The van der Waals surface area contributed by atoms with Crippen LogP contribution in [-0.2, 0) is 13.2 Å². The van der Waals surface area contributed by atoms with E-state index in [0.717, 1.165) is 11.1 Å². The van der Waals surface area contributed by atoms with Gasteiger partial charge in [0.15, 0.2) is 0 Å². The molecule has 0 amide bonds. The van der Waals surface area contributed by atoms with Gasteiger partial charge in [0.2, 0.25) is 0 Å². The highest BCUT2D eigenvalue weighted by Gasteiger charge is 2.03. The van der Waals surface area contributed by atoms with Gasteiger partial charge in [-0.25, -0.2) is 0 Å². The molecule has 0 aliphatic carbocycles. The van der Waals surface area contributed by atoms with Crippen molar-refractivity contribution < 1.29 is 4.74 Å². The van der Waals surface area contributed by atoms with Gasteiger partial charge in [0.1, 0.15) is 12.4 Å². The van der Waals surface area contributed by atoms with Crippen LogP contribution in [0.4, 0.5) is 0 Å². The molecule has 0 fully saturated rings. The Hall–Kier alpha value is -1.22. The Morgan fingerprint density at radius 2 is 1.84 bits per heavy atom. The fourth-order valence-corrected chi connectivity index (χ4v) is 2.06. The molecule has 0 aliphatic heterocycles. The number of hydrogen-bond acceptors (Lipinski definition) is 2. The van der Waals surface area contributed by atoms with Crippen LogP contribution in [0.5, 0.6) is 5.75 Å². The van der Waals surface area contributed by atoms with Crippen LogP contribution >= 0.6 is 23.2 Å². The molecule has 0 heterocycles. The third-order valence-electron chi connectivity index (χ3n) is 2.93. The van der Waals surface area contributed by atoms with Crippen LogP contribution in [0.1, 0.15) is 16.7 Å². The molecular formula is C15H15Cl2NO. The van der Waals surface area contributed by atoms with Crippen molar-refractivity contribution in [2.75, 3.05) is 0 Å². The zero-order valence-electron chi connectivity index (χ0n) is 10.6. The second kappa shape index (κ2) is 6.29. The fourth-order valence-electron chi connectivity index (χ4n) is 1.77. The molecule has 4 heteroatoms. The van der Waals surface area contributed by atoms with Crippen LogP contribution in [0.3, 0.4) is 0 Å². The number of nitrogens with two attached hydrogens (primary N) is 1. The normalized spacial score (nSPS) is 10.5. The minimum Gasteiger partial charge on any atom is -0.489 e. The van der Waals surface area contributed by atoms with Crippen molar-refractivity contribution in [2.45, 2.75) is 20.1 Å². The van der Waals surface area contributed by atoms with Gasteiger partial charge < -0.3 is 10.5 Å². The lowest BCUT2D eigenvalue weighted by atomic mass is 10.1. The molecule has 2 aromatic rings. The Labute approximate surface area is 123 Å². The highest BCUT2D eigenvalue weighted by molar-refractivity contribution is 6.42. The topological polar surface area (TPSA) is 35.2 Å². The molecule has 0 saturated heterocycles. The maximum Gasteiger partial charge on any atom is 0.121 e. The number of aryl methyl sites for hydroxylation is 1. The van der Waals surface area contributed by atoms with Crippen molar-refractivity contribution in [3.05, 3.63) is 63.1 Å². The van der Waals surface area contributed by atoms with E-state index in [9.17, 15) is 0 Å². The molecule has 0 saturated carbocycles. The molecule has 2 N–H and O–H groups in total. The van der Waals surface area contributed by atoms with Gasteiger partial charge in [0, 0.05) is 12.6 Å². The van der Waals surface area contributed by atoms with Gasteiger partial charge in [-0.15, -0.1) is 0 Å². The minimum absolute atomic E-state index is 0.495. The summed E-state index contributed by atoms with van der Waals surface area (Å²) in [6, 6.07) is 11.4. The van der Waals surface area contributed by atoms with E-state index in [2.05, 4.69) is 6.07 Å². The van der Waals surface area contributed by atoms with Gasteiger partial charge in [0.05, 0.1) is 10.0 Å². The molecule has 0 spiro atoms. The van der Waals surface area contributed by atoms with E-state index in [1.165, 1.54) is 5.56 Å². The maximum atomic E-state index is 5.94. The Morgan fingerprint density at radius 1 is 1.05 bits per heavy atom. The first-order valence-corrected chi connectivity index (χ1v) is 6.72. The number of rotatable bonds is 4. The van der Waals surface area contributed by atoms with Gasteiger partial charge in [-0.2, -0.15) is 0 Å². The summed E-state index contributed by atoms with van der Waals surface area (Å²) in [6.07, 6.45) is 0. The summed E-state index contributed by atoms with van der Waals surface area (Å²) >= 11 is 11.8. The number of halogens is 2. The number of ether oxygens (including phenoxy) is 1. The second-order valence-corrected chi connectivity index (χ2v) is 5.14. The zero-order valence-corrected chi connectivity index (χ0v) is 12.1. The summed E-state index contributed by atoms with van der Waals surface area (Å²) in [5.74, 6) is 0.705. The first-order valence-electron chi connectivity index (χ1n) is 5.96. The molecule has 0 unspecified atom stereocenters. The molecule has 0 bridgehead atoms. The van der Waals surface area contributed by atoms with E-state index < -0.39 is 0 Å². The van der Waals surface area contributed by atoms with Gasteiger partial charge in [-0.05, 0) is 35.7 Å². The first kappa shape index (κ1) is 14.2. The molecule has 2 rings (SSSR count). The van der Waals surface area contributed by atoms with E-state index >= 15 is 0 Å². The molecule has 2 nitrogen and oxygen atoms in total. The summed E-state index contributed by atoms with van der Waals surface area (Å²) in [5, 5.41) is 1.02. The average molecular weight is 296 g/mol. The highest BCUT2D eigenvalue weighted by Crippen LogP contribution is 2.27. The largest absolute Gasteiger partial charge is 0.489 e. The number of benzene rings is 2. The monoisotopic (exact) mass is 295 g/mol. The molecule has 2 aromatic carbocycles. The predicted molar refractivity (Wildman–Crippen MR) is 79.9 cm³/mol. The van der Waals surface area contributed by atoms with E-state index in [-0.39, 0.29) is 0 Å². The highest BCUT2D eigenvalue weighted by atomic mass is 35.5. The Balaban J connectivity index is 2.07. The van der Waals surface area contributed by atoms with E-state index in [4.69, 9.17) is 33.7 Å². The summed E-state index contributed by atoms with van der Waals surface area (Å²) in [7, 11) is 0. The lowest BCUT2D eigenvalue weighted by Gasteiger charge is -2.10. The lowest BCUT2D eigenvalue weighted by Crippen LogP contribution is -2.01. The Bertz CT molecular complexity index is 584. The molecule has 0 atom stereocenters. The third kappa shape index (κ3) is 3.63. The van der Waals surface area contributed by atoms with Crippen LogP contribution in [0.2, 0.25) is 10.0 Å². The van der Waals surface area contributed by atoms with Crippen LogP contribution in [0, 0.1) is 6.92 Å². The van der Waals surface area contributed by atoms with Crippen LogP contribution < -0.4 is 10.5 Å². The van der Waals surface area contributed by atoms with Crippen molar-refractivity contribution in [3.63, 3.8) is 0 Å². The van der Waals surface area contributed by atoms with Crippen molar-refractivity contribution in [3.8, 4) is 5.75 Å². The van der Waals surface area contributed by atoms with Gasteiger partial charge in [-0.3, -0.25) is 0 Å². The van der Waals surface area contributed by atoms with Crippen molar-refractivity contribution in [1.82, 2.24) is 0 Å². The molecular weight excluding hydrogens is 281 g/mol. The van der Waals surface area contributed by atoms with Crippen molar-refractivity contribution in [1.29, 1.82) is 0 Å². The quantitative estimate of drug-likeness (QED) is 0.911. The summed E-state index contributed by atoms with van der Waals surface area (Å²) in [6.45, 7) is 3.09. The Kier molecular flexibility index (Phi) is 4.70.